The van der Waals surface area contributed by atoms with Gasteiger partial charge >= 0.3 is 5.97 Å². The van der Waals surface area contributed by atoms with Crippen LogP contribution in [0.2, 0.25) is 5.02 Å². The number of nitrogens with zero attached hydrogens (tertiary/aromatic N) is 2. The first kappa shape index (κ1) is 19.9. The minimum absolute atomic E-state index is 0.0850. The van der Waals surface area contributed by atoms with Crippen molar-refractivity contribution in [2.24, 2.45) is 0 Å². The Hall–Kier alpha value is -2.37. The molecule has 5 nitrogen and oxygen atoms in total. The zero-order valence-corrected chi connectivity index (χ0v) is 16.0. The van der Waals surface area contributed by atoms with Gasteiger partial charge in [0.2, 0.25) is 0 Å². The van der Waals surface area contributed by atoms with E-state index in [-0.39, 0.29) is 5.91 Å². The van der Waals surface area contributed by atoms with Gasteiger partial charge in [-0.25, -0.2) is 4.79 Å². The highest BCUT2D eigenvalue weighted by Crippen LogP contribution is 2.14. The monoisotopic (exact) mass is 374 g/mol. The lowest BCUT2D eigenvalue weighted by Crippen LogP contribution is -2.36. The van der Waals surface area contributed by atoms with Crippen molar-refractivity contribution in [1.29, 1.82) is 0 Å². The zero-order valence-electron chi connectivity index (χ0n) is 15.2. The number of halogens is 1. The van der Waals surface area contributed by atoms with Crippen molar-refractivity contribution in [3.63, 3.8) is 0 Å². The van der Waals surface area contributed by atoms with Gasteiger partial charge in [-0.15, -0.1) is 0 Å². The smallest absolute Gasteiger partial charge is 0.337 e. The average Bonchev–Trinajstić information content (AvgIpc) is 2.65. The number of esters is 1. The molecule has 26 heavy (non-hydrogen) atoms. The van der Waals surface area contributed by atoms with Crippen molar-refractivity contribution < 1.29 is 14.3 Å². The van der Waals surface area contributed by atoms with E-state index >= 15 is 0 Å². The number of methoxy groups -OCH3 is 1. The molecule has 0 heterocycles. The van der Waals surface area contributed by atoms with Crippen LogP contribution in [0.4, 0.5) is 0 Å². The Labute approximate surface area is 159 Å². The van der Waals surface area contributed by atoms with Crippen LogP contribution in [0.25, 0.3) is 0 Å². The molecule has 0 saturated heterocycles. The number of ether oxygens (including phenoxy) is 1. The van der Waals surface area contributed by atoms with E-state index in [1.165, 1.54) is 7.11 Å². The molecule has 2 aromatic rings. The first-order valence-corrected chi connectivity index (χ1v) is 8.65. The molecule has 0 aliphatic carbocycles. The van der Waals surface area contributed by atoms with Crippen LogP contribution in [0, 0.1) is 0 Å². The maximum Gasteiger partial charge on any atom is 0.337 e. The molecule has 0 unspecified atom stereocenters. The quantitative estimate of drug-likeness (QED) is 0.697. The van der Waals surface area contributed by atoms with Gasteiger partial charge in [-0.3, -0.25) is 4.79 Å². The van der Waals surface area contributed by atoms with Crippen LogP contribution in [0.15, 0.2) is 48.5 Å². The molecule has 0 atom stereocenters. The normalized spacial score (nSPS) is 10.7. The topological polar surface area (TPSA) is 49.9 Å². The van der Waals surface area contributed by atoms with Gasteiger partial charge in [-0.2, -0.15) is 0 Å². The highest BCUT2D eigenvalue weighted by molar-refractivity contribution is 6.30. The van der Waals surface area contributed by atoms with Gasteiger partial charge < -0.3 is 14.5 Å². The molecule has 0 saturated carbocycles. The van der Waals surface area contributed by atoms with Gasteiger partial charge in [0.05, 0.1) is 12.7 Å². The van der Waals surface area contributed by atoms with Crippen LogP contribution in [0.1, 0.15) is 26.3 Å². The van der Waals surface area contributed by atoms with Crippen LogP contribution in [0.3, 0.4) is 0 Å². The number of hydrogen-bond acceptors (Lipinski definition) is 4. The molecule has 6 heteroatoms. The van der Waals surface area contributed by atoms with E-state index in [0.29, 0.717) is 29.2 Å². The molecular formula is C20H23ClN2O3. The summed E-state index contributed by atoms with van der Waals surface area (Å²) < 4.78 is 4.69. The van der Waals surface area contributed by atoms with Crippen LogP contribution in [0.5, 0.6) is 0 Å². The van der Waals surface area contributed by atoms with Crippen LogP contribution in [-0.2, 0) is 11.3 Å². The first-order chi connectivity index (χ1) is 12.4. The summed E-state index contributed by atoms with van der Waals surface area (Å²) in [6.45, 7) is 1.83. The van der Waals surface area contributed by atoms with E-state index in [1.54, 1.807) is 29.2 Å². The lowest BCUT2D eigenvalue weighted by atomic mass is 10.1. The van der Waals surface area contributed by atoms with E-state index in [9.17, 15) is 9.59 Å². The van der Waals surface area contributed by atoms with Gasteiger partial charge in [0.15, 0.2) is 0 Å². The predicted molar refractivity (Wildman–Crippen MR) is 103 cm³/mol. The molecular weight excluding hydrogens is 352 g/mol. The molecule has 0 aliphatic rings. The number of hydrogen-bond donors (Lipinski definition) is 0. The second-order valence-corrected chi connectivity index (χ2v) is 6.66. The van der Waals surface area contributed by atoms with Gasteiger partial charge in [-0.05, 0) is 56.1 Å². The van der Waals surface area contributed by atoms with Gasteiger partial charge in [0.25, 0.3) is 5.91 Å². The summed E-state index contributed by atoms with van der Waals surface area (Å²) in [7, 11) is 5.27. The molecule has 1 amide bonds. The summed E-state index contributed by atoms with van der Waals surface area (Å²) in [6, 6.07) is 14.0. The lowest BCUT2D eigenvalue weighted by molar-refractivity contribution is 0.0599. The average molecular weight is 375 g/mol. The molecule has 0 radical (unpaired) electrons. The van der Waals surface area contributed by atoms with Crippen molar-refractivity contribution in [3.05, 3.63) is 70.2 Å². The SMILES string of the molecule is COC(=O)c1ccc(C(=O)N(CCN(C)C)Cc2ccc(Cl)cc2)cc1. The van der Waals surface area contributed by atoms with Crippen molar-refractivity contribution in [2.75, 3.05) is 34.3 Å². The molecule has 138 valence electrons. The van der Waals surface area contributed by atoms with Crippen LogP contribution in [-0.4, -0.2) is 56.0 Å². The zero-order chi connectivity index (χ0) is 19.1. The summed E-state index contributed by atoms with van der Waals surface area (Å²) in [4.78, 5) is 28.3. The third kappa shape index (κ3) is 5.58. The fourth-order valence-electron chi connectivity index (χ4n) is 2.43. The van der Waals surface area contributed by atoms with E-state index in [4.69, 9.17) is 11.6 Å². The predicted octanol–water partition coefficient (Wildman–Crippen LogP) is 3.33. The minimum atomic E-state index is -0.422. The molecule has 0 aromatic heterocycles. The summed E-state index contributed by atoms with van der Waals surface area (Å²) in [5, 5.41) is 0.665. The molecule has 0 fully saturated rings. The molecule has 0 spiro atoms. The Morgan fingerprint density at radius 2 is 1.50 bits per heavy atom. The van der Waals surface area contributed by atoms with Gasteiger partial charge in [0.1, 0.15) is 0 Å². The molecule has 2 aromatic carbocycles. The van der Waals surface area contributed by atoms with Crippen LogP contribution >= 0.6 is 11.6 Å². The fraction of sp³-hybridized carbons (Fsp3) is 0.300. The number of likely N-dealkylation sites (N-methyl/N-ethyl adjacent to an activating group) is 1. The number of carbonyl (C=O) groups is 2. The second kappa shape index (κ2) is 9.36. The summed E-state index contributed by atoms with van der Waals surface area (Å²) in [5.41, 5.74) is 1.96. The third-order valence-electron chi connectivity index (χ3n) is 3.94. The van der Waals surface area contributed by atoms with Crippen molar-refractivity contribution >= 4 is 23.5 Å². The maximum absolute atomic E-state index is 12.9. The number of carbonyl (C=O) groups excluding carboxylic acids is 2. The second-order valence-electron chi connectivity index (χ2n) is 6.23. The Morgan fingerprint density at radius 3 is 2.04 bits per heavy atom. The summed E-state index contributed by atoms with van der Waals surface area (Å²) in [5.74, 6) is -0.507. The standard InChI is InChI=1S/C20H23ClN2O3/c1-22(2)12-13-23(14-15-4-10-18(21)11-5-15)19(24)16-6-8-17(9-7-16)20(25)26-3/h4-11H,12-14H2,1-3H3. The molecule has 0 N–H and O–H groups in total. The Kier molecular flexibility index (Phi) is 7.18. The van der Waals surface area contributed by atoms with Crippen LogP contribution < -0.4 is 0 Å². The lowest BCUT2D eigenvalue weighted by Gasteiger charge is -2.25. The van der Waals surface area contributed by atoms with E-state index in [0.717, 1.165) is 12.1 Å². The van der Waals surface area contributed by atoms with Crippen molar-refractivity contribution in [2.45, 2.75) is 6.54 Å². The first-order valence-electron chi connectivity index (χ1n) is 8.27. The van der Waals surface area contributed by atoms with E-state index < -0.39 is 5.97 Å². The highest BCUT2D eigenvalue weighted by Gasteiger charge is 2.17. The third-order valence-corrected chi connectivity index (χ3v) is 4.20. The van der Waals surface area contributed by atoms with Gasteiger partial charge in [0, 0.05) is 30.2 Å². The molecule has 2 rings (SSSR count). The van der Waals surface area contributed by atoms with E-state index in [1.807, 2.05) is 43.3 Å². The number of benzene rings is 2. The Bertz CT molecular complexity index is 743. The maximum atomic E-state index is 12.9. The van der Waals surface area contributed by atoms with Gasteiger partial charge in [-0.1, -0.05) is 23.7 Å². The molecule has 0 bridgehead atoms. The fourth-order valence-corrected chi connectivity index (χ4v) is 2.56. The Morgan fingerprint density at radius 1 is 0.923 bits per heavy atom. The van der Waals surface area contributed by atoms with Crippen molar-refractivity contribution in [1.82, 2.24) is 9.80 Å². The molecule has 0 aliphatic heterocycles. The van der Waals surface area contributed by atoms with Crippen molar-refractivity contribution in [3.8, 4) is 0 Å². The van der Waals surface area contributed by atoms with E-state index in [2.05, 4.69) is 4.74 Å². The summed E-state index contributed by atoms with van der Waals surface area (Å²) >= 11 is 5.94. The largest absolute Gasteiger partial charge is 0.465 e. The number of amides is 1. The minimum Gasteiger partial charge on any atom is -0.465 e. The highest BCUT2D eigenvalue weighted by atomic mass is 35.5. The Balaban J connectivity index is 2.18. The number of rotatable bonds is 7. The summed E-state index contributed by atoms with van der Waals surface area (Å²) in [6.07, 6.45) is 0.